The van der Waals surface area contributed by atoms with Crippen LogP contribution in [0.15, 0.2) is 47.0 Å². The zero-order chi connectivity index (χ0) is 23.5. The molecule has 2 aromatic carbocycles. The number of urea groups is 1. The van der Waals surface area contributed by atoms with E-state index in [-0.39, 0.29) is 11.9 Å². The molecule has 1 fully saturated rings. The van der Waals surface area contributed by atoms with Crippen LogP contribution in [0.4, 0.5) is 10.5 Å². The number of nitrogens with one attached hydrogen (secondary N) is 1. The number of hydrogen-bond donors (Lipinski definition) is 1. The number of hydrogen-bond acceptors (Lipinski definition) is 4. The van der Waals surface area contributed by atoms with Crippen molar-refractivity contribution in [2.24, 2.45) is 0 Å². The van der Waals surface area contributed by atoms with Crippen molar-refractivity contribution in [1.29, 1.82) is 0 Å². The molecule has 6 heteroatoms. The summed E-state index contributed by atoms with van der Waals surface area (Å²) in [6, 6.07) is 14.4. The van der Waals surface area contributed by atoms with Crippen LogP contribution in [-0.4, -0.2) is 34.2 Å². The molecule has 2 amide bonds. The lowest BCUT2D eigenvalue weighted by molar-refractivity contribution is 0.187. The molecule has 2 heterocycles. The van der Waals surface area contributed by atoms with Gasteiger partial charge in [0.2, 0.25) is 11.7 Å². The van der Waals surface area contributed by atoms with Gasteiger partial charge in [-0.25, -0.2) is 4.79 Å². The number of benzene rings is 2. The number of nitrogens with zero attached hydrogens (tertiary/aromatic N) is 3. The lowest BCUT2D eigenvalue weighted by Gasteiger charge is -2.31. The number of aromatic nitrogens is 2. The Bertz CT molecular complexity index is 1070. The first-order chi connectivity index (χ1) is 15.8. The molecule has 33 heavy (non-hydrogen) atoms. The van der Waals surface area contributed by atoms with Gasteiger partial charge in [0.25, 0.3) is 0 Å². The molecule has 3 aromatic rings. The van der Waals surface area contributed by atoms with Gasteiger partial charge in [-0.2, -0.15) is 4.98 Å². The first-order valence-corrected chi connectivity index (χ1v) is 11.9. The molecule has 0 saturated carbocycles. The maximum absolute atomic E-state index is 13.1. The van der Waals surface area contributed by atoms with Crippen molar-refractivity contribution in [2.45, 2.75) is 65.2 Å². The highest BCUT2D eigenvalue weighted by Crippen LogP contribution is 2.33. The van der Waals surface area contributed by atoms with Crippen LogP contribution in [0, 0.1) is 6.92 Å². The number of anilines is 1. The summed E-state index contributed by atoms with van der Waals surface area (Å²) in [4.78, 5) is 19.7. The Morgan fingerprint density at radius 1 is 1.00 bits per heavy atom. The van der Waals surface area contributed by atoms with Crippen molar-refractivity contribution >= 4 is 11.7 Å². The van der Waals surface area contributed by atoms with Gasteiger partial charge in [0.15, 0.2) is 0 Å². The maximum atomic E-state index is 13.1. The van der Waals surface area contributed by atoms with E-state index in [4.69, 9.17) is 4.52 Å². The summed E-state index contributed by atoms with van der Waals surface area (Å²) in [5.74, 6) is 2.14. The van der Waals surface area contributed by atoms with Crippen molar-refractivity contribution in [3.63, 3.8) is 0 Å². The van der Waals surface area contributed by atoms with E-state index in [1.165, 1.54) is 16.7 Å². The fourth-order valence-corrected chi connectivity index (χ4v) is 4.43. The van der Waals surface area contributed by atoms with E-state index >= 15 is 0 Å². The Morgan fingerprint density at radius 3 is 2.18 bits per heavy atom. The Balaban J connectivity index is 1.41. The van der Waals surface area contributed by atoms with Gasteiger partial charge >= 0.3 is 6.03 Å². The van der Waals surface area contributed by atoms with E-state index in [1.54, 1.807) is 0 Å². The van der Waals surface area contributed by atoms with E-state index in [1.807, 2.05) is 29.2 Å². The summed E-state index contributed by atoms with van der Waals surface area (Å²) in [5.41, 5.74) is 5.48. The third-order valence-corrected chi connectivity index (χ3v) is 6.49. The van der Waals surface area contributed by atoms with Crippen LogP contribution < -0.4 is 5.32 Å². The Hall–Kier alpha value is -3.15. The number of rotatable bonds is 5. The summed E-state index contributed by atoms with van der Waals surface area (Å²) in [7, 11) is 0. The minimum Gasteiger partial charge on any atom is -0.339 e. The second-order valence-electron chi connectivity index (χ2n) is 9.63. The first kappa shape index (κ1) is 23.0. The molecule has 0 spiro atoms. The molecule has 4 rings (SSSR count). The number of para-hydroxylation sites is 1. The van der Waals surface area contributed by atoms with Crippen molar-refractivity contribution in [2.75, 3.05) is 18.4 Å². The predicted molar refractivity (Wildman–Crippen MR) is 132 cm³/mol. The quantitative estimate of drug-likeness (QED) is 0.473. The smallest absolute Gasteiger partial charge is 0.321 e. The van der Waals surface area contributed by atoms with Crippen molar-refractivity contribution in [3.05, 3.63) is 65.0 Å². The van der Waals surface area contributed by atoms with E-state index in [0.29, 0.717) is 36.6 Å². The lowest BCUT2D eigenvalue weighted by Crippen LogP contribution is -2.41. The van der Waals surface area contributed by atoms with E-state index in [9.17, 15) is 4.79 Å². The molecule has 0 atom stereocenters. The standard InChI is InChI=1S/C27H34N4O2/c1-17(2)22-7-6-8-23(18(3)4)24(22)28-27(32)31-15-13-21(14-16-31)26-29-25(30-33-26)20-11-9-19(5)10-12-20/h6-12,17-18,21H,13-16H2,1-5H3,(H,28,32). The Morgan fingerprint density at radius 2 is 1.61 bits per heavy atom. The van der Waals surface area contributed by atoms with Crippen LogP contribution in [-0.2, 0) is 0 Å². The maximum Gasteiger partial charge on any atom is 0.321 e. The molecule has 0 unspecified atom stereocenters. The lowest BCUT2D eigenvalue weighted by atomic mass is 9.92. The molecule has 0 radical (unpaired) electrons. The van der Waals surface area contributed by atoms with Gasteiger partial charge in [-0.15, -0.1) is 0 Å². The van der Waals surface area contributed by atoms with E-state index in [2.05, 4.69) is 68.3 Å². The molecule has 6 nitrogen and oxygen atoms in total. The molecule has 1 saturated heterocycles. The highest BCUT2D eigenvalue weighted by atomic mass is 16.5. The molecule has 1 aromatic heterocycles. The summed E-state index contributed by atoms with van der Waals surface area (Å²) in [6.45, 7) is 12.0. The van der Waals surface area contributed by atoms with Crippen LogP contribution in [0.5, 0.6) is 0 Å². The SMILES string of the molecule is Cc1ccc(-c2noc(C3CCN(C(=O)Nc4c(C(C)C)cccc4C(C)C)CC3)n2)cc1. The average molecular weight is 447 g/mol. The van der Waals surface area contributed by atoms with E-state index in [0.717, 1.165) is 24.1 Å². The van der Waals surface area contributed by atoms with Gasteiger partial charge in [0, 0.05) is 30.3 Å². The summed E-state index contributed by atoms with van der Waals surface area (Å²) >= 11 is 0. The summed E-state index contributed by atoms with van der Waals surface area (Å²) < 4.78 is 5.58. The van der Waals surface area contributed by atoms with Crippen LogP contribution in [0.25, 0.3) is 11.4 Å². The number of carbonyl (C=O) groups excluding carboxylic acids is 1. The Kier molecular flexibility index (Phi) is 6.82. The van der Waals surface area contributed by atoms with Gasteiger partial charge in [0.1, 0.15) is 0 Å². The summed E-state index contributed by atoms with van der Waals surface area (Å²) in [6.07, 6.45) is 1.62. The monoisotopic (exact) mass is 446 g/mol. The first-order valence-electron chi connectivity index (χ1n) is 11.9. The molecule has 1 aliphatic rings. The van der Waals surface area contributed by atoms with Crippen LogP contribution in [0.2, 0.25) is 0 Å². The number of likely N-dealkylation sites (tertiary alicyclic amines) is 1. The summed E-state index contributed by atoms with van der Waals surface area (Å²) in [5, 5.41) is 7.41. The highest BCUT2D eigenvalue weighted by Gasteiger charge is 2.28. The fourth-order valence-electron chi connectivity index (χ4n) is 4.43. The molecular formula is C27H34N4O2. The second kappa shape index (κ2) is 9.77. The minimum absolute atomic E-state index is 0.0330. The molecule has 1 aliphatic heterocycles. The zero-order valence-electron chi connectivity index (χ0n) is 20.3. The van der Waals surface area contributed by atoms with Crippen molar-refractivity contribution < 1.29 is 9.32 Å². The topological polar surface area (TPSA) is 71.3 Å². The second-order valence-corrected chi connectivity index (χ2v) is 9.63. The highest BCUT2D eigenvalue weighted by molar-refractivity contribution is 5.91. The van der Waals surface area contributed by atoms with Crippen LogP contribution in [0.3, 0.4) is 0 Å². The van der Waals surface area contributed by atoms with Crippen molar-refractivity contribution in [1.82, 2.24) is 15.0 Å². The van der Waals surface area contributed by atoms with Gasteiger partial charge in [-0.05, 0) is 42.7 Å². The zero-order valence-corrected chi connectivity index (χ0v) is 20.3. The largest absolute Gasteiger partial charge is 0.339 e. The number of carbonyl (C=O) groups is 1. The van der Waals surface area contributed by atoms with Crippen LogP contribution >= 0.6 is 0 Å². The fraction of sp³-hybridized carbons (Fsp3) is 0.444. The molecular weight excluding hydrogens is 412 g/mol. The molecule has 1 N–H and O–H groups in total. The normalized spacial score (nSPS) is 14.8. The van der Waals surface area contributed by atoms with Crippen LogP contribution in [0.1, 0.15) is 80.9 Å². The van der Waals surface area contributed by atoms with Gasteiger partial charge in [-0.1, -0.05) is 80.9 Å². The van der Waals surface area contributed by atoms with Gasteiger partial charge < -0.3 is 14.7 Å². The van der Waals surface area contributed by atoms with Crippen molar-refractivity contribution in [3.8, 4) is 11.4 Å². The third-order valence-electron chi connectivity index (χ3n) is 6.49. The predicted octanol–water partition coefficient (Wildman–Crippen LogP) is 6.70. The molecule has 0 aliphatic carbocycles. The van der Waals surface area contributed by atoms with E-state index < -0.39 is 0 Å². The minimum atomic E-state index is -0.0330. The Labute approximate surface area is 196 Å². The number of aryl methyl sites for hydroxylation is 1. The van der Waals surface area contributed by atoms with Gasteiger partial charge in [0.05, 0.1) is 0 Å². The third kappa shape index (κ3) is 5.10. The number of amides is 2. The average Bonchev–Trinajstić information content (AvgIpc) is 3.29. The van der Waals surface area contributed by atoms with Gasteiger partial charge in [-0.3, -0.25) is 0 Å². The molecule has 174 valence electrons. The number of piperidine rings is 1. The molecule has 0 bridgehead atoms.